The number of nitrogens with one attached hydrogen (secondary N) is 1. The maximum absolute atomic E-state index is 13.5. The molecule has 8 heteroatoms. The van der Waals surface area contributed by atoms with Crippen LogP contribution in [0.5, 0.6) is 0 Å². The van der Waals surface area contributed by atoms with Gasteiger partial charge in [0.15, 0.2) is 0 Å². The Morgan fingerprint density at radius 2 is 2.03 bits per heavy atom. The molecule has 0 spiro atoms. The first kappa shape index (κ1) is 22.9. The minimum absolute atomic E-state index is 0.108. The standard InChI is InChI=1S/C26H30ClN5O2/c1-17-14-28-26(29-21-8-3-2-4-9-21)30-24(17)19-13-22-25(34)32(11-10-31(22)15-19)23(16-33)18-6-5-7-20(27)12-18/h5-7,12-15,21,23,33H,2-4,8-11,16H2,1H3,(H,28,29,30)/t23-/m1/s1. The van der Waals surface area contributed by atoms with Crippen molar-refractivity contribution in [1.82, 2.24) is 19.4 Å². The Kier molecular flexibility index (Phi) is 6.57. The molecule has 0 unspecified atom stereocenters. The number of aliphatic hydroxyl groups is 1. The first-order chi connectivity index (χ1) is 16.5. The molecule has 1 aliphatic carbocycles. The van der Waals surface area contributed by atoms with Crippen molar-refractivity contribution in [3.63, 3.8) is 0 Å². The predicted octanol–water partition coefficient (Wildman–Crippen LogP) is 4.84. The molecule has 178 valence electrons. The van der Waals surface area contributed by atoms with Gasteiger partial charge in [-0.2, -0.15) is 0 Å². The summed E-state index contributed by atoms with van der Waals surface area (Å²) < 4.78 is 1.98. The lowest BCUT2D eigenvalue weighted by Gasteiger charge is -2.34. The summed E-state index contributed by atoms with van der Waals surface area (Å²) in [5, 5.41) is 14.2. The van der Waals surface area contributed by atoms with Crippen molar-refractivity contribution in [3.8, 4) is 11.3 Å². The number of fused-ring (bicyclic) bond motifs is 1. The fourth-order valence-corrected chi connectivity index (χ4v) is 5.30. The first-order valence-electron chi connectivity index (χ1n) is 12.0. The summed E-state index contributed by atoms with van der Waals surface area (Å²) in [5.74, 6) is 0.537. The van der Waals surface area contributed by atoms with Crippen molar-refractivity contribution in [2.45, 2.75) is 57.7 Å². The van der Waals surface area contributed by atoms with Gasteiger partial charge in [0.05, 0.1) is 18.3 Å². The Balaban J connectivity index is 1.41. The van der Waals surface area contributed by atoms with Gasteiger partial charge in [0.2, 0.25) is 5.95 Å². The van der Waals surface area contributed by atoms with Crippen LogP contribution in [0, 0.1) is 6.92 Å². The summed E-state index contributed by atoms with van der Waals surface area (Å²) in [7, 11) is 0. The number of rotatable bonds is 6. The molecule has 1 aromatic carbocycles. The fraction of sp³-hybridized carbons (Fsp3) is 0.423. The summed E-state index contributed by atoms with van der Waals surface area (Å²) in [4.78, 5) is 24.5. The van der Waals surface area contributed by atoms with Crippen LogP contribution in [-0.4, -0.2) is 49.6 Å². The number of benzene rings is 1. The molecule has 2 aliphatic rings. The molecule has 0 bridgehead atoms. The largest absolute Gasteiger partial charge is 0.394 e. The third-order valence-corrected chi connectivity index (χ3v) is 7.16. The molecule has 5 rings (SSSR count). The van der Waals surface area contributed by atoms with Gasteiger partial charge in [-0.3, -0.25) is 4.79 Å². The van der Waals surface area contributed by atoms with E-state index in [2.05, 4.69) is 10.3 Å². The van der Waals surface area contributed by atoms with E-state index < -0.39 is 6.04 Å². The van der Waals surface area contributed by atoms with E-state index in [1.807, 2.05) is 42.1 Å². The molecule has 1 amide bonds. The van der Waals surface area contributed by atoms with Gasteiger partial charge in [-0.15, -0.1) is 0 Å². The third-order valence-electron chi connectivity index (χ3n) is 6.92. The molecule has 0 radical (unpaired) electrons. The molecule has 0 saturated heterocycles. The molecule has 34 heavy (non-hydrogen) atoms. The quantitative estimate of drug-likeness (QED) is 0.528. The van der Waals surface area contributed by atoms with E-state index in [9.17, 15) is 9.90 Å². The Bertz CT molecular complexity index is 1190. The van der Waals surface area contributed by atoms with Crippen LogP contribution in [0.3, 0.4) is 0 Å². The van der Waals surface area contributed by atoms with Gasteiger partial charge in [-0.1, -0.05) is 43.0 Å². The molecular formula is C26H30ClN5O2. The van der Waals surface area contributed by atoms with Crippen molar-refractivity contribution in [2.75, 3.05) is 18.5 Å². The van der Waals surface area contributed by atoms with E-state index in [4.69, 9.17) is 16.6 Å². The van der Waals surface area contributed by atoms with E-state index >= 15 is 0 Å². The van der Waals surface area contributed by atoms with Crippen LogP contribution < -0.4 is 5.32 Å². The minimum Gasteiger partial charge on any atom is -0.394 e. The van der Waals surface area contributed by atoms with E-state index in [-0.39, 0.29) is 12.5 Å². The average molecular weight is 480 g/mol. The van der Waals surface area contributed by atoms with Crippen LogP contribution in [0.25, 0.3) is 11.3 Å². The Hall–Kier alpha value is -2.90. The first-order valence-corrected chi connectivity index (χ1v) is 12.4. The van der Waals surface area contributed by atoms with E-state index in [0.29, 0.717) is 35.8 Å². The van der Waals surface area contributed by atoms with Gasteiger partial charge >= 0.3 is 0 Å². The van der Waals surface area contributed by atoms with Crippen LogP contribution in [0.15, 0.2) is 42.7 Å². The number of carbonyl (C=O) groups excluding carboxylic acids is 1. The highest BCUT2D eigenvalue weighted by Crippen LogP contribution is 2.31. The van der Waals surface area contributed by atoms with E-state index in [1.165, 1.54) is 19.3 Å². The van der Waals surface area contributed by atoms with Crippen LogP contribution in [0.2, 0.25) is 5.02 Å². The van der Waals surface area contributed by atoms with Gasteiger partial charge in [0, 0.05) is 42.1 Å². The van der Waals surface area contributed by atoms with Gasteiger partial charge in [0.1, 0.15) is 5.69 Å². The molecule has 7 nitrogen and oxygen atoms in total. The van der Waals surface area contributed by atoms with E-state index in [0.717, 1.165) is 35.2 Å². The van der Waals surface area contributed by atoms with Gasteiger partial charge < -0.3 is 19.9 Å². The topological polar surface area (TPSA) is 83.3 Å². The van der Waals surface area contributed by atoms with Crippen molar-refractivity contribution >= 4 is 23.5 Å². The van der Waals surface area contributed by atoms with Crippen molar-refractivity contribution < 1.29 is 9.90 Å². The number of hydrogen-bond acceptors (Lipinski definition) is 5. The summed E-state index contributed by atoms with van der Waals surface area (Å²) in [6.07, 6.45) is 9.92. The summed E-state index contributed by atoms with van der Waals surface area (Å²) in [5.41, 5.74) is 4.13. The lowest BCUT2D eigenvalue weighted by atomic mass is 9.96. The van der Waals surface area contributed by atoms with Crippen molar-refractivity contribution in [2.24, 2.45) is 0 Å². The van der Waals surface area contributed by atoms with Gasteiger partial charge in [-0.05, 0) is 49.1 Å². The Morgan fingerprint density at radius 3 is 2.79 bits per heavy atom. The number of aromatic nitrogens is 3. The molecule has 1 saturated carbocycles. The number of aryl methyl sites for hydroxylation is 1. The zero-order valence-electron chi connectivity index (χ0n) is 19.4. The number of nitrogens with zero attached hydrogens (tertiary/aromatic N) is 4. The number of anilines is 1. The molecule has 3 aromatic rings. The number of aliphatic hydroxyl groups excluding tert-OH is 1. The zero-order chi connectivity index (χ0) is 23.7. The minimum atomic E-state index is -0.439. The summed E-state index contributed by atoms with van der Waals surface area (Å²) in [6.45, 7) is 2.98. The highest BCUT2D eigenvalue weighted by Gasteiger charge is 2.32. The molecular weight excluding hydrogens is 450 g/mol. The molecule has 1 atom stereocenters. The number of amides is 1. The summed E-state index contributed by atoms with van der Waals surface area (Å²) >= 11 is 6.16. The third kappa shape index (κ3) is 4.55. The zero-order valence-corrected chi connectivity index (χ0v) is 20.1. The number of halogens is 1. The summed E-state index contributed by atoms with van der Waals surface area (Å²) in [6, 6.07) is 9.21. The molecule has 3 heterocycles. The Morgan fingerprint density at radius 1 is 1.21 bits per heavy atom. The number of carbonyl (C=O) groups is 1. The second-order valence-electron chi connectivity index (χ2n) is 9.26. The highest BCUT2D eigenvalue weighted by atomic mass is 35.5. The SMILES string of the molecule is Cc1cnc(NC2CCCCC2)nc1-c1cc2n(c1)CCN([C@H](CO)c1cccc(Cl)c1)C2=O. The second-order valence-corrected chi connectivity index (χ2v) is 9.70. The molecule has 1 fully saturated rings. The van der Waals surface area contributed by atoms with Crippen molar-refractivity contribution in [3.05, 3.63) is 64.6 Å². The average Bonchev–Trinajstić information content (AvgIpc) is 3.28. The Labute approximate surface area is 204 Å². The van der Waals surface area contributed by atoms with Crippen LogP contribution in [0.4, 0.5) is 5.95 Å². The molecule has 1 aliphatic heterocycles. The molecule has 2 aromatic heterocycles. The maximum Gasteiger partial charge on any atom is 0.271 e. The maximum atomic E-state index is 13.5. The number of hydrogen-bond donors (Lipinski definition) is 2. The normalized spacial score (nSPS) is 17.5. The lowest BCUT2D eigenvalue weighted by molar-refractivity contribution is 0.0526. The van der Waals surface area contributed by atoms with Crippen LogP contribution >= 0.6 is 11.6 Å². The van der Waals surface area contributed by atoms with E-state index in [1.54, 1.807) is 17.0 Å². The monoisotopic (exact) mass is 479 g/mol. The van der Waals surface area contributed by atoms with Gasteiger partial charge in [-0.25, -0.2) is 9.97 Å². The van der Waals surface area contributed by atoms with Crippen LogP contribution in [-0.2, 0) is 6.54 Å². The molecule has 2 N–H and O–H groups in total. The highest BCUT2D eigenvalue weighted by molar-refractivity contribution is 6.30. The lowest BCUT2D eigenvalue weighted by Crippen LogP contribution is -2.43. The van der Waals surface area contributed by atoms with Crippen molar-refractivity contribution in [1.29, 1.82) is 0 Å². The van der Waals surface area contributed by atoms with Gasteiger partial charge in [0.25, 0.3) is 5.91 Å². The fourth-order valence-electron chi connectivity index (χ4n) is 5.10. The smallest absolute Gasteiger partial charge is 0.271 e. The predicted molar refractivity (Wildman–Crippen MR) is 133 cm³/mol. The van der Waals surface area contributed by atoms with Crippen LogP contribution in [0.1, 0.15) is 59.8 Å². The second kappa shape index (κ2) is 9.76.